The number of nitrogens with two attached hydrogens (primary N) is 1. The Morgan fingerprint density at radius 1 is 1.37 bits per heavy atom. The van der Waals surface area contributed by atoms with Gasteiger partial charge in [0.25, 0.3) is 0 Å². The summed E-state index contributed by atoms with van der Waals surface area (Å²) in [5.74, 6) is -3.06. The fourth-order valence-corrected chi connectivity index (χ4v) is 1.62. The van der Waals surface area contributed by atoms with Crippen LogP contribution >= 0.6 is 0 Å². The van der Waals surface area contributed by atoms with Gasteiger partial charge in [0.1, 0.15) is 5.60 Å². The third kappa shape index (κ3) is 4.59. The Balaban J connectivity index is 2.82. The van der Waals surface area contributed by atoms with Crippen LogP contribution in [0.5, 0.6) is 0 Å². The molecule has 1 unspecified atom stereocenters. The van der Waals surface area contributed by atoms with Gasteiger partial charge in [-0.15, -0.1) is 0 Å². The fraction of sp³-hybridized carbons (Fsp3) is 0.500. The van der Waals surface area contributed by atoms with E-state index in [0.717, 1.165) is 6.07 Å². The molecule has 0 radical (unpaired) electrons. The molecule has 0 saturated heterocycles. The highest BCUT2D eigenvalue weighted by Gasteiger charge is 2.25. The molecule has 0 fully saturated rings. The normalized spacial score (nSPS) is 13.2. The summed E-state index contributed by atoms with van der Waals surface area (Å²) >= 11 is 0. The van der Waals surface area contributed by atoms with Gasteiger partial charge in [-0.05, 0) is 38.8 Å². The van der Waals surface area contributed by atoms with Crippen LogP contribution in [0.25, 0.3) is 0 Å². The number of ether oxygens (including phenoxy) is 1. The maximum Gasteiger partial charge on any atom is 0.311 e. The summed E-state index contributed by atoms with van der Waals surface area (Å²) in [6, 6.07) is 3.87. The first kappa shape index (κ1) is 15.6. The molecule has 0 saturated carbocycles. The Kier molecular flexibility index (Phi) is 5.00. The predicted octanol–water partition coefficient (Wildman–Crippen LogP) is 2.42. The smallest absolute Gasteiger partial charge is 0.311 e. The van der Waals surface area contributed by atoms with Gasteiger partial charge < -0.3 is 10.5 Å². The van der Waals surface area contributed by atoms with Crippen LogP contribution in [0, 0.1) is 17.6 Å². The van der Waals surface area contributed by atoms with Gasteiger partial charge in [0.2, 0.25) is 0 Å². The lowest BCUT2D eigenvalue weighted by Gasteiger charge is -2.23. The van der Waals surface area contributed by atoms with Crippen molar-refractivity contribution in [1.82, 2.24) is 0 Å². The van der Waals surface area contributed by atoms with Crippen molar-refractivity contribution in [2.24, 2.45) is 11.7 Å². The van der Waals surface area contributed by atoms with Crippen molar-refractivity contribution in [2.75, 3.05) is 6.54 Å². The summed E-state index contributed by atoms with van der Waals surface area (Å²) in [6.07, 6.45) is 0.0228. The summed E-state index contributed by atoms with van der Waals surface area (Å²) < 4.78 is 31.8. The summed E-state index contributed by atoms with van der Waals surface area (Å²) in [4.78, 5) is 11.9. The molecule has 1 aromatic rings. The molecule has 0 spiro atoms. The molecule has 0 heterocycles. The van der Waals surface area contributed by atoms with Crippen LogP contribution in [-0.2, 0) is 16.0 Å². The highest BCUT2D eigenvalue weighted by Crippen LogP contribution is 2.18. The first-order valence-corrected chi connectivity index (χ1v) is 6.10. The van der Waals surface area contributed by atoms with Gasteiger partial charge >= 0.3 is 5.97 Å². The molecule has 1 aromatic carbocycles. The molecule has 0 amide bonds. The molecule has 0 bridgehead atoms. The lowest BCUT2D eigenvalue weighted by Crippen LogP contribution is -2.33. The van der Waals surface area contributed by atoms with Crippen LogP contribution in [0.15, 0.2) is 18.2 Å². The zero-order chi connectivity index (χ0) is 14.6. The predicted molar refractivity (Wildman–Crippen MR) is 68.5 cm³/mol. The topological polar surface area (TPSA) is 52.3 Å². The van der Waals surface area contributed by atoms with E-state index in [9.17, 15) is 13.6 Å². The molecule has 3 nitrogen and oxygen atoms in total. The minimum Gasteiger partial charge on any atom is -0.460 e. The molecule has 5 heteroatoms. The van der Waals surface area contributed by atoms with Crippen LogP contribution in [0.2, 0.25) is 0 Å². The van der Waals surface area contributed by atoms with E-state index in [1.54, 1.807) is 20.8 Å². The first-order valence-electron chi connectivity index (χ1n) is 6.10. The second kappa shape index (κ2) is 6.10. The van der Waals surface area contributed by atoms with E-state index < -0.39 is 29.1 Å². The third-order valence-electron chi connectivity index (χ3n) is 2.52. The largest absolute Gasteiger partial charge is 0.460 e. The fourth-order valence-electron chi connectivity index (χ4n) is 1.62. The standard InChI is InChI=1S/C14H19F2NO2/c1-14(2,3)19-13(18)10(8-17)7-9-5-4-6-11(15)12(9)16/h4-6,10H,7-8,17H2,1-3H3. The van der Waals surface area contributed by atoms with Gasteiger partial charge in [-0.1, -0.05) is 12.1 Å². The lowest BCUT2D eigenvalue weighted by atomic mass is 9.98. The number of carbonyl (C=O) groups excluding carboxylic acids is 1. The van der Waals surface area contributed by atoms with E-state index in [-0.39, 0.29) is 18.5 Å². The summed E-state index contributed by atoms with van der Waals surface area (Å²) in [5.41, 5.74) is 5.00. The SMILES string of the molecule is CC(C)(C)OC(=O)C(CN)Cc1cccc(F)c1F. The van der Waals surface area contributed by atoms with Gasteiger partial charge in [-0.3, -0.25) is 4.79 Å². The zero-order valence-electron chi connectivity index (χ0n) is 11.4. The van der Waals surface area contributed by atoms with E-state index >= 15 is 0 Å². The molecular formula is C14H19F2NO2. The number of hydrogen-bond acceptors (Lipinski definition) is 3. The maximum atomic E-state index is 13.5. The third-order valence-corrected chi connectivity index (χ3v) is 2.52. The maximum absolute atomic E-state index is 13.5. The molecule has 19 heavy (non-hydrogen) atoms. The Labute approximate surface area is 111 Å². The summed E-state index contributed by atoms with van der Waals surface area (Å²) in [7, 11) is 0. The van der Waals surface area contributed by atoms with Gasteiger partial charge in [0, 0.05) is 6.54 Å². The minimum atomic E-state index is -0.940. The minimum absolute atomic E-state index is 0.0187. The van der Waals surface area contributed by atoms with Crippen LogP contribution in [0.1, 0.15) is 26.3 Å². The molecule has 0 aromatic heterocycles. The highest BCUT2D eigenvalue weighted by atomic mass is 19.2. The average Bonchev–Trinajstić information content (AvgIpc) is 2.28. The number of carbonyl (C=O) groups is 1. The Morgan fingerprint density at radius 2 is 2.00 bits per heavy atom. The Bertz CT molecular complexity index is 455. The zero-order valence-corrected chi connectivity index (χ0v) is 11.4. The molecule has 1 rings (SSSR count). The van der Waals surface area contributed by atoms with Gasteiger partial charge in [0.05, 0.1) is 5.92 Å². The molecule has 0 aliphatic rings. The van der Waals surface area contributed by atoms with Crippen molar-refractivity contribution >= 4 is 5.97 Å². The van der Waals surface area contributed by atoms with Crippen molar-refractivity contribution in [2.45, 2.75) is 32.8 Å². The van der Waals surface area contributed by atoms with Crippen molar-refractivity contribution < 1.29 is 18.3 Å². The van der Waals surface area contributed by atoms with E-state index in [1.807, 2.05) is 0 Å². The second-order valence-electron chi connectivity index (χ2n) is 5.38. The van der Waals surface area contributed by atoms with Crippen LogP contribution in [0.3, 0.4) is 0 Å². The van der Waals surface area contributed by atoms with Crippen molar-refractivity contribution in [3.8, 4) is 0 Å². The Morgan fingerprint density at radius 3 is 2.53 bits per heavy atom. The van der Waals surface area contributed by atoms with E-state index in [0.29, 0.717) is 0 Å². The Hall–Kier alpha value is -1.49. The van der Waals surface area contributed by atoms with Crippen molar-refractivity contribution in [1.29, 1.82) is 0 Å². The highest BCUT2D eigenvalue weighted by molar-refractivity contribution is 5.73. The number of rotatable bonds is 4. The number of benzene rings is 1. The molecule has 1 atom stereocenters. The van der Waals surface area contributed by atoms with E-state index in [4.69, 9.17) is 10.5 Å². The number of hydrogen-bond donors (Lipinski definition) is 1. The van der Waals surface area contributed by atoms with Crippen LogP contribution < -0.4 is 5.73 Å². The van der Waals surface area contributed by atoms with Crippen LogP contribution in [0.4, 0.5) is 8.78 Å². The second-order valence-corrected chi connectivity index (χ2v) is 5.38. The monoisotopic (exact) mass is 271 g/mol. The van der Waals surface area contributed by atoms with Crippen molar-refractivity contribution in [3.63, 3.8) is 0 Å². The quantitative estimate of drug-likeness (QED) is 0.856. The molecule has 106 valence electrons. The van der Waals surface area contributed by atoms with Gasteiger partial charge in [-0.2, -0.15) is 0 Å². The van der Waals surface area contributed by atoms with Crippen molar-refractivity contribution in [3.05, 3.63) is 35.4 Å². The summed E-state index contributed by atoms with van der Waals surface area (Å²) in [6.45, 7) is 5.23. The van der Waals surface area contributed by atoms with E-state index in [1.165, 1.54) is 12.1 Å². The molecule has 0 aliphatic carbocycles. The molecule has 2 N–H and O–H groups in total. The van der Waals surface area contributed by atoms with Crippen LogP contribution in [-0.4, -0.2) is 18.1 Å². The molecule has 0 aliphatic heterocycles. The first-order chi connectivity index (χ1) is 8.74. The number of halogens is 2. The number of esters is 1. The lowest BCUT2D eigenvalue weighted by molar-refractivity contribution is -0.159. The van der Waals surface area contributed by atoms with Gasteiger partial charge in [-0.25, -0.2) is 8.78 Å². The summed E-state index contributed by atoms with van der Waals surface area (Å²) in [5, 5.41) is 0. The van der Waals surface area contributed by atoms with E-state index in [2.05, 4.69) is 0 Å². The molecular weight excluding hydrogens is 252 g/mol. The average molecular weight is 271 g/mol. The van der Waals surface area contributed by atoms with Gasteiger partial charge in [0.15, 0.2) is 11.6 Å².